The lowest BCUT2D eigenvalue weighted by atomic mass is 10.0. The molecule has 0 aliphatic carbocycles. The first-order valence-corrected chi connectivity index (χ1v) is 8.82. The first kappa shape index (κ1) is 21.3. The second-order valence-corrected chi connectivity index (χ2v) is 6.18. The highest BCUT2D eigenvalue weighted by Gasteiger charge is 2.22. The Morgan fingerprint density at radius 3 is 2.54 bits per heavy atom. The van der Waals surface area contributed by atoms with Crippen molar-refractivity contribution in [2.24, 2.45) is 0 Å². The number of amides is 1. The standard InChI is InChI=1S/C20H23F2N3O3/c1-4-27-15-6-8-18(24-10-15)19(22)20(23)16-7-5-14(9-17(16)21)28-11-12(2)25-13(3)26/h5-10,12,19,23H,4,11H2,1-3H3,(H,25,26). The number of carbonyl (C=O) groups excluding carboxylic acids is 1. The molecule has 0 radical (unpaired) electrons. The summed E-state index contributed by atoms with van der Waals surface area (Å²) >= 11 is 0. The van der Waals surface area contributed by atoms with E-state index in [0.29, 0.717) is 12.4 Å². The van der Waals surface area contributed by atoms with Gasteiger partial charge in [-0.1, -0.05) is 0 Å². The molecule has 2 rings (SSSR count). The number of benzene rings is 1. The highest BCUT2D eigenvalue weighted by Crippen LogP contribution is 2.25. The Bertz CT molecular complexity index is 828. The molecule has 0 spiro atoms. The van der Waals surface area contributed by atoms with Crippen LogP contribution in [-0.2, 0) is 4.79 Å². The van der Waals surface area contributed by atoms with Crippen molar-refractivity contribution in [3.8, 4) is 11.5 Å². The predicted octanol–water partition coefficient (Wildman–Crippen LogP) is 3.60. The van der Waals surface area contributed by atoms with Gasteiger partial charge < -0.3 is 20.2 Å². The lowest BCUT2D eigenvalue weighted by Crippen LogP contribution is -2.35. The van der Waals surface area contributed by atoms with Crippen LogP contribution in [0.5, 0.6) is 11.5 Å². The summed E-state index contributed by atoms with van der Waals surface area (Å²) in [7, 11) is 0. The second-order valence-electron chi connectivity index (χ2n) is 6.18. The van der Waals surface area contributed by atoms with E-state index in [1.165, 1.54) is 31.3 Å². The normalized spacial score (nSPS) is 12.8. The lowest BCUT2D eigenvalue weighted by Gasteiger charge is -2.15. The Balaban J connectivity index is 2.05. The molecule has 150 valence electrons. The number of halogens is 2. The summed E-state index contributed by atoms with van der Waals surface area (Å²) in [5, 5.41) is 10.6. The Kier molecular flexibility index (Phi) is 7.43. The van der Waals surface area contributed by atoms with Gasteiger partial charge in [-0.15, -0.1) is 0 Å². The topological polar surface area (TPSA) is 84.3 Å². The summed E-state index contributed by atoms with van der Waals surface area (Å²) < 4.78 is 39.7. The second kappa shape index (κ2) is 9.77. The van der Waals surface area contributed by atoms with Gasteiger partial charge in [-0.2, -0.15) is 0 Å². The minimum atomic E-state index is -1.88. The Morgan fingerprint density at radius 1 is 1.25 bits per heavy atom. The average molecular weight is 391 g/mol. The monoisotopic (exact) mass is 391 g/mol. The fourth-order valence-electron chi connectivity index (χ4n) is 2.49. The molecule has 0 aliphatic heterocycles. The first-order valence-electron chi connectivity index (χ1n) is 8.82. The summed E-state index contributed by atoms with van der Waals surface area (Å²) in [5.41, 5.74) is -0.713. The van der Waals surface area contributed by atoms with Crippen LogP contribution in [0.25, 0.3) is 0 Å². The van der Waals surface area contributed by atoms with Gasteiger partial charge in [0.2, 0.25) is 5.91 Å². The molecule has 0 aliphatic rings. The van der Waals surface area contributed by atoms with E-state index in [0.717, 1.165) is 6.07 Å². The van der Waals surface area contributed by atoms with Gasteiger partial charge in [0.25, 0.3) is 0 Å². The highest BCUT2D eigenvalue weighted by molar-refractivity contribution is 6.02. The molecule has 0 bridgehead atoms. The van der Waals surface area contributed by atoms with Gasteiger partial charge in [0.05, 0.1) is 30.3 Å². The third kappa shape index (κ3) is 5.73. The fourth-order valence-corrected chi connectivity index (χ4v) is 2.49. The van der Waals surface area contributed by atoms with Gasteiger partial charge in [0, 0.05) is 18.6 Å². The number of hydrogen-bond donors (Lipinski definition) is 2. The molecule has 0 saturated carbocycles. The Hall–Kier alpha value is -3.03. The highest BCUT2D eigenvalue weighted by atomic mass is 19.1. The SMILES string of the molecule is CCOc1ccc(C(F)C(=N)c2ccc(OCC(C)NC(C)=O)cc2F)nc1. The molecule has 2 atom stereocenters. The van der Waals surface area contributed by atoms with Crippen LogP contribution in [0.1, 0.15) is 38.2 Å². The van der Waals surface area contributed by atoms with Crippen molar-refractivity contribution in [3.05, 3.63) is 53.6 Å². The molecule has 1 aromatic carbocycles. The van der Waals surface area contributed by atoms with E-state index in [-0.39, 0.29) is 35.6 Å². The van der Waals surface area contributed by atoms with E-state index in [1.54, 1.807) is 13.0 Å². The summed E-state index contributed by atoms with van der Waals surface area (Å²) in [6, 6.07) is 6.53. The number of nitrogens with zero attached hydrogens (tertiary/aromatic N) is 1. The Labute approximate surface area is 162 Å². The van der Waals surface area contributed by atoms with Crippen LogP contribution in [0.2, 0.25) is 0 Å². The predicted molar refractivity (Wildman–Crippen MR) is 101 cm³/mol. The van der Waals surface area contributed by atoms with Gasteiger partial charge in [0.1, 0.15) is 23.9 Å². The summed E-state index contributed by atoms with van der Waals surface area (Å²) in [4.78, 5) is 14.9. The van der Waals surface area contributed by atoms with E-state index in [2.05, 4.69) is 10.3 Å². The van der Waals surface area contributed by atoms with Gasteiger partial charge in [-0.3, -0.25) is 9.78 Å². The number of nitrogens with one attached hydrogen (secondary N) is 2. The van der Waals surface area contributed by atoms with Crippen molar-refractivity contribution in [2.75, 3.05) is 13.2 Å². The largest absolute Gasteiger partial charge is 0.492 e. The summed E-state index contributed by atoms with van der Waals surface area (Å²) in [6.07, 6.45) is -0.515. The third-order valence-corrected chi connectivity index (χ3v) is 3.76. The minimum absolute atomic E-state index is 0.00249. The van der Waals surface area contributed by atoms with Gasteiger partial charge >= 0.3 is 0 Å². The van der Waals surface area contributed by atoms with Crippen LogP contribution < -0.4 is 14.8 Å². The van der Waals surface area contributed by atoms with E-state index >= 15 is 0 Å². The molecule has 0 fully saturated rings. The smallest absolute Gasteiger partial charge is 0.217 e. The Morgan fingerprint density at radius 2 is 1.96 bits per heavy atom. The first-order chi connectivity index (χ1) is 13.3. The van der Waals surface area contributed by atoms with Crippen LogP contribution in [0.3, 0.4) is 0 Å². The molecular weight excluding hydrogens is 368 g/mol. The minimum Gasteiger partial charge on any atom is -0.492 e. The van der Waals surface area contributed by atoms with Gasteiger partial charge in [-0.25, -0.2) is 8.78 Å². The van der Waals surface area contributed by atoms with Crippen molar-refractivity contribution in [1.82, 2.24) is 10.3 Å². The zero-order valence-electron chi connectivity index (χ0n) is 16.0. The van der Waals surface area contributed by atoms with E-state index in [4.69, 9.17) is 14.9 Å². The van der Waals surface area contributed by atoms with Gasteiger partial charge in [-0.05, 0) is 38.1 Å². The van der Waals surface area contributed by atoms with Crippen molar-refractivity contribution in [1.29, 1.82) is 5.41 Å². The van der Waals surface area contributed by atoms with Crippen LogP contribution in [0.15, 0.2) is 36.5 Å². The van der Waals surface area contributed by atoms with Crippen LogP contribution >= 0.6 is 0 Å². The number of pyridine rings is 1. The molecule has 1 heterocycles. The lowest BCUT2D eigenvalue weighted by molar-refractivity contribution is -0.119. The molecule has 6 nitrogen and oxygen atoms in total. The van der Waals surface area contributed by atoms with Crippen LogP contribution in [-0.4, -0.2) is 35.9 Å². The van der Waals surface area contributed by atoms with E-state index in [9.17, 15) is 13.6 Å². The van der Waals surface area contributed by atoms with E-state index in [1.807, 2.05) is 6.92 Å². The maximum absolute atomic E-state index is 14.6. The molecule has 0 saturated heterocycles. The molecule has 1 amide bonds. The molecule has 2 aromatic rings. The number of rotatable bonds is 9. The number of aromatic nitrogens is 1. The number of hydrogen-bond acceptors (Lipinski definition) is 5. The maximum atomic E-state index is 14.6. The van der Waals surface area contributed by atoms with E-state index < -0.39 is 17.7 Å². The number of carbonyl (C=O) groups is 1. The summed E-state index contributed by atoms with van der Waals surface area (Å²) in [5.74, 6) is -0.252. The zero-order valence-corrected chi connectivity index (χ0v) is 16.0. The molecule has 2 unspecified atom stereocenters. The third-order valence-electron chi connectivity index (χ3n) is 3.76. The van der Waals surface area contributed by atoms with Crippen molar-refractivity contribution < 1.29 is 23.0 Å². The van der Waals surface area contributed by atoms with Crippen molar-refractivity contribution in [2.45, 2.75) is 33.0 Å². The molecular formula is C20H23F2N3O3. The molecule has 2 N–H and O–H groups in total. The van der Waals surface area contributed by atoms with Crippen molar-refractivity contribution >= 4 is 11.6 Å². The van der Waals surface area contributed by atoms with Crippen molar-refractivity contribution in [3.63, 3.8) is 0 Å². The average Bonchev–Trinajstić information content (AvgIpc) is 2.66. The number of alkyl halides is 1. The molecule has 28 heavy (non-hydrogen) atoms. The number of ether oxygens (including phenoxy) is 2. The fraction of sp³-hybridized carbons (Fsp3) is 0.350. The van der Waals surface area contributed by atoms with Crippen LogP contribution in [0, 0.1) is 11.2 Å². The maximum Gasteiger partial charge on any atom is 0.217 e. The quantitative estimate of drug-likeness (QED) is 0.640. The zero-order chi connectivity index (χ0) is 20.7. The van der Waals surface area contributed by atoms with Crippen LogP contribution in [0.4, 0.5) is 8.78 Å². The molecule has 8 heteroatoms. The van der Waals surface area contributed by atoms with Gasteiger partial charge in [0.15, 0.2) is 6.17 Å². The molecule has 1 aromatic heterocycles. The summed E-state index contributed by atoms with van der Waals surface area (Å²) in [6.45, 7) is 5.57.